The minimum atomic E-state index is -1.44. The molecule has 43 heavy (non-hydrogen) atoms. The molecule has 0 radical (unpaired) electrons. The van der Waals surface area contributed by atoms with Crippen molar-refractivity contribution < 1.29 is 52.1 Å². The van der Waals surface area contributed by atoms with Gasteiger partial charge in [0, 0.05) is 52.9 Å². The third-order valence-electron chi connectivity index (χ3n) is 11.6. The maximum absolute atomic E-state index is 14.8. The van der Waals surface area contributed by atoms with Gasteiger partial charge < -0.3 is 28.1 Å². The van der Waals surface area contributed by atoms with Gasteiger partial charge in [-0.25, -0.2) is 4.79 Å². The van der Waals surface area contributed by atoms with E-state index < -0.39 is 81.9 Å². The molecule has 3 heterocycles. The molecule has 5 fully saturated rings. The van der Waals surface area contributed by atoms with Crippen molar-refractivity contribution in [1.29, 1.82) is 0 Å². The quantitative estimate of drug-likeness (QED) is 0.267. The van der Waals surface area contributed by atoms with E-state index in [4.69, 9.17) is 28.1 Å². The number of hydrogen-bond donors (Lipinski definition) is 0. The minimum Gasteiger partial charge on any atom is -0.472 e. The van der Waals surface area contributed by atoms with Crippen LogP contribution in [0.3, 0.4) is 0 Å². The first-order valence-corrected chi connectivity index (χ1v) is 15.1. The first-order chi connectivity index (χ1) is 20.2. The predicted octanol–water partition coefficient (Wildman–Crippen LogP) is 3.73. The first-order valence-electron chi connectivity index (χ1n) is 15.1. The number of ketones is 1. The van der Waals surface area contributed by atoms with Gasteiger partial charge in [-0.2, -0.15) is 0 Å². The second kappa shape index (κ2) is 9.64. The highest BCUT2D eigenvalue weighted by Crippen LogP contribution is 2.77. The lowest BCUT2D eigenvalue weighted by Gasteiger charge is -2.65. The van der Waals surface area contributed by atoms with E-state index in [9.17, 15) is 24.0 Å². The zero-order chi connectivity index (χ0) is 31.3. The minimum absolute atomic E-state index is 0.0814. The highest BCUT2D eigenvalue weighted by atomic mass is 16.6. The first kappa shape index (κ1) is 29.8. The maximum Gasteiger partial charge on any atom is 0.347 e. The lowest BCUT2D eigenvalue weighted by molar-refractivity contribution is -0.235. The fourth-order valence-electron chi connectivity index (χ4n) is 9.99. The fraction of sp³-hybridized carbons (Fsp3) is 0.719. The summed E-state index contributed by atoms with van der Waals surface area (Å²) in [6.45, 7) is 10.5. The molecule has 6 rings (SSSR count). The zero-order valence-corrected chi connectivity index (χ0v) is 25.7. The van der Waals surface area contributed by atoms with Crippen LogP contribution in [0, 0.1) is 39.9 Å². The van der Waals surface area contributed by atoms with Gasteiger partial charge in [-0.3, -0.25) is 19.2 Å². The fourth-order valence-corrected chi connectivity index (χ4v) is 9.99. The molecule has 3 saturated carbocycles. The standard InChI is InChI=1S/C32H40O11/c1-8-19(34)41-26-21-24(36)31(6,23(29(26,3)4)22(28(37)38-7)40-15(2)33)17-9-11-30(5)18(32(17)27(21)43-32)13-20(35)42-25(30)16-10-12-39-14-16/h10,12,14,17-18,21-23,25-27H,8-9,11,13H2,1-7H3/t17-,18?,21-,22-,23+,25+,26-,27-,30-,31-,32-/m1/s1. The van der Waals surface area contributed by atoms with Gasteiger partial charge in [0.05, 0.1) is 32.0 Å². The van der Waals surface area contributed by atoms with Gasteiger partial charge in [-0.15, -0.1) is 0 Å². The van der Waals surface area contributed by atoms with Crippen LogP contribution >= 0.6 is 0 Å². The van der Waals surface area contributed by atoms with Gasteiger partial charge in [0.2, 0.25) is 6.10 Å². The number of hydrogen-bond acceptors (Lipinski definition) is 11. The monoisotopic (exact) mass is 600 g/mol. The number of fused-ring (bicyclic) bond motifs is 5. The van der Waals surface area contributed by atoms with E-state index in [2.05, 4.69) is 6.92 Å². The largest absolute Gasteiger partial charge is 0.472 e. The number of cyclic esters (lactones) is 1. The molecule has 11 nitrogen and oxygen atoms in total. The molecule has 1 spiro atoms. The second-order valence-electron chi connectivity index (χ2n) is 14.0. The number of ether oxygens (including phenoxy) is 5. The van der Waals surface area contributed by atoms with Crippen molar-refractivity contribution in [1.82, 2.24) is 0 Å². The third-order valence-corrected chi connectivity index (χ3v) is 11.6. The highest BCUT2D eigenvalue weighted by Gasteiger charge is 2.86. The number of esters is 4. The Balaban J connectivity index is 1.54. The van der Waals surface area contributed by atoms with E-state index in [1.54, 1.807) is 25.5 Å². The van der Waals surface area contributed by atoms with Gasteiger partial charge in [-0.05, 0) is 18.9 Å². The normalized spacial score (nSPS) is 42.7. The lowest BCUT2D eigenvalue weighted by atomic mass is 9.37. The molecule has 0 aromatic carbocycles. The molecule has 1 aromatic rings. The summed E-state index contributed by atoms with van der Waals surface area (Å²) < 4.78 is 34.9. The van der Waals surface area contributed by atoms with Crippen molar-refractivity contribution in [3.8, 4) is 0 Å². The summed E-state index contributed by atoms with van der Waals surface area (Å²) in [7, 11) is 1.20. The van der Waals surface area contributed by atoms with Crippen molar-refractivity contribution >= 4 is 29.7 Å². The van der Waals surface area contributed by atoms with Crippen LogP contribution in [-0.2, 0) is 47.7 Å². The summed E-state index contributed by atoms with van der Waals surface area (Å²) in [5.41, 5.74) is -2.99. The van der Waals surface area contributed by atoms with Gasteiger partial charge in [0.1, 0.15) is 29.7 Å². The summed E-state index contributed by atoms with van der Waals surface area (Å²) in [4.78, 5) is 66.6. The molecule has 2 aliphatic heterocycles. The molecule has 1 unspecified atom stereocenters. The van der Waals surface area contributed by atoms with Gasteiger partial charge in [0.25, 0.3) is 0 Å². The van der Waals surface area contributed by atoms with E-state index in [0.717, 1.165) is 5.56 Å². The number of rotatable bonds is 6. The Morgan fingerprint density at radius 3 is 2.44 bits per heavy atom. The Morgan fingerprint density at radius 1 is 1.12 bits per heavy atom. The number of furan rings is 1. The molecule has 3 aliphatic carbocycles. The van der Waals surface area contributed by atoms with Gasteiger partial charge in [0.15, 0.2) is 0 Å². The number of carbonyl (C=O) groups excluding carboxylic acids is 5. The molecule has 234 valence electrons. The van der Waals surface area contributed by atoms with Crippen LogP contribution in [0.5, 0.6) is 0 Å². The summed E-state index contributed by atoms with van der Waals surface area (Å²) in [6.07, 6.45) is 0.843. The predicted molar refractivity (Wildman–Crippen MR) is 146 cm³/mol. The Morgan fingerprint density at radius 2 is 1.84 bits per heavy atom. The number of carbonyl (C=O) groups is 5. The Kier molecular flexibility index (Phi) is 6.69. The molecular weight excluding hydrogens is 560 g/mol. The summed E-state index contributed by atoms with van der Waals surface area (Å²) in [5, 5.41) is 0. The van der Waals surface area contributed by atoms with Crippen LogP contribution in [-0.4, -0.2) is 60.7 Å². The Hall–Kier alpha value is -3.21. The van der Waals surface area contributed by atoms with Crippen molar-refractivity contribution in [2.75, 3.05) is 7.11 Å². The highest BCUT2D eigenvalue weighted by molar-refractivity contribution is 5.94. The molecular formula is C32H40O11. The lowest BCUT2D eigenvalue weighted by Crippen LogP contribution is -2.74. The van der Waals surface area contributed by atoms with Crippen LogP contribution in [0.15, 0.2) is 23.0 Å². The van der Waals surface area contributed by atoms with Gasteiger partial charge >= 0.3 is 23.9 Å². The topological polar surface area (TPSA) is 148 Å². The van der Waals surface area contributed by atoms with E-state index in [1.165, 1.54) is 14.0 Å². The van der Waals surface area contributed by atoms with Crippen molar-refractivity contribution in [3.63, 3.8) is 0 Å². The molecule has 2 saturated heterocycles. The molecule has 11 heteroatoms. The van der Waals surface area contributed by atoms with E-state index in [0.29, 0.717) is 12.8 Å². The maximum atomic E-state index is 14.8. The molecule has 0 amide bonds. The van der Waals surface area contributed by atoms with E-state index in [-0.39, 0.29) is 30.5 Å². The third kappa shape index (κ3) is 3.85. The van der Waals surface area contributed by atoms with Crippen LogP contribution in [0.25, 0.3) is 0 Å². The molecule has 5 aliphatic rings. The van der Waals surface area contributed by atoms with Gasteiger partial charge in [-0.1, -0.05) is 34.6 Å². The van der Waals surface area contributed by atoms with Crippen LogP contribution < -0.4 is 0 Å². The zero-order valence-electron chi connectivity index (χ0n) is 25.7. The van der Waals surface area contributed by atoms with E-state index in [1.807, 2.05) is 20.8 Å². The van der Waals surface area contributed by atoms with Crippen molar-refractivity contribution in [3.05, 3.63) is 24.2 Å². The number of methoxy groups -OCH3 is 1. The molecule has 0 N–H and O–H groups in total. The van der Waals surface area contributed by atoms with Crippen molar-refractivity contribution in [2.45, 2.75) is 97.2 Å². The molecule has 11 atom stereocenters. The van der Waals surface area contributed by atoms with E-state index >= 15 is 0 Å². The average molecular weight is 601 g/mol. The smallest absolute Gasteiger partial charge is 0.347 e. The van der Waals surface area contributed by atoms with Crippen LogP contribution in [0.2, 0.25) is 0 Å². The molecule has 1 aromatic heterocycles. The van der Waals surface area contributed by atoms with Crippen LogP contribution in [0.4, 0.5) is 0 Å². The Labute approximate surface area is 250 Å². The number of Topliss-reactive ketones (excluding diaryl/α,β-unsaturated/α-hetero) is 1. The summed E-state index contributed by atoms with van der Waals surface area (Å²) in [6, 6.07) is 1.79. The number of epoxide rings is 1. The molecule has 2 bridgehead atoms. The van der Waals surface area contributed by atoms with Crippen LogP contribution in [0.1, 0.15) is 78.9 Å². The summed E-state index contributed by atoms with van der Waals surface area (Å²) in [5.74, 6) is -5.08. The Bertz CT molecular complexity index is 1360. The summed E-state index contributed by atoms with van der Waals surface area (Å²) >= 11 is 0. The SMILES string of the molecule is CCC(=O)O[C@@H]1[C@H]2C(=O)[C@](C)([C@H]3CC[C@]4(C)C(CC(=O)O[C@H]4c4ccoc4)[C@]34O[C@H]24)[C@@H]([C@@H](OC(C)=O)C(=O)OC)C1(C)C. The van der Waals surface area contributed by atoms with Crippen molar-refractivity contribution in [2.24, 2.45) is 39.9 Å². The average Bonchev–Trinajstić information content (AvgIpc) is 3.40. The second-order valence-corrected chi connectivity index (χ2v) is 14.0.